The van der Waals surface area contributed by atoms with Crippen LogP contribution in [0.15, 0.2) is 71.2 Å². The van der Waals surface area contributed by atoms with Gasteiger partial charge in [0.1, 0.15) is 11.8 Å². The van der Waals surface area contributed by atoms with Crippen LogP contribution in [0.25, 0.3) is 0 Å². The first-order valence-corrected chi connectivity index (χ1v) is 13.7. The van der Waals surface area contributed by atoms with E-state index in [4.69, 9.17) is 39.5 Å². The van der Waals surface area contributed by atoms with Gasteiger partial charge < -0.3 is 15.0 Å². The maximum absolute atomic E-state index is 13.7. The largest absolute Gasteiger partial charge is 0.482 e. The average Bonchev–Trinajstić information content (AvgIpc) is 2.86. The Morgan fingerprint density at radius 1 is 0.946 bits per heavy atom. The van der Waals surface area contributed by atoms with Gasteiger partial charge in [-0.25, -0.2) is 0 Å². The lowest BCUT2D eigenvalue weighted by atomic mass is 10.0. The normalized spacial score (nSPS) is 11.8. The van der Waals surface area contributed by atoms with Crippen molar-refractivity contribution in [2.24, 2.45) is 5.92 Å². The summed E-state index contributed by atoms with van der Waals surface area (Å²) in [7, 11) is 0. The van der Waals surface area contributed by atoms with Gasteiger partial charge in [0.05, 0.1) is 5.02 Å². The Labute approximate surface area is 241 Å². The van der Waals surface area contributed by atoms with E-state index in [1.54, 1.807) is 36.4 Å². The lowest BCUT2D eigenvalue weighted by Crippen LogP contribution is -2.52. The summed E-state index contributed by atoms with van der Waals surface area (Å²) in [6.07, 6.45) is 0.303. The van der Waals surface area contributed by atoms with Crippen molar-refractivity contribution in [3.63, 3.8) is 0 Å². The standard InChI is InChI=1S/C28H28BrCl3N2O3/c1-18(2)15-33-28(36)25(13-19-7-4-3-5-8-19)34(16-21-22(30)9-6-10-23(21)31)27(35)17-37-26-12-11-20(29)14-24(26)32/h3-12,14,18,25H,13,15-17H2,1-2H3,(H,33,36). The summed E-state index contributed by atoms with van der Waals surface area (Å²) < 4.78 is 6.56. The molecule has 0 radical (unpaired) electrons. The molecule has 9 heteroatoms. The van der Waals surface area contributed by atoms with Gasteiger partial charge in [0, 0.05) is 39.6 Å². The number of nitrogens with one attached hydrogen (secondary N) is 1. The zero-order valence-electron chi connectivity index (χ0n) is 20.5. The van der Waals surface area contributed by atoms with Gasteiger partial charge in [-0.15, -0.1) is 0 Å². The summed E-state index contributed by atoms with van der Waals surface area (Å²) in [5, 5.41) is 4.15. The number of hydrogen-bond acceptors (Lipinski definition) is 3. The zero-order chi connectivity index (χ0) is 26.9. The number of benzene rings is 3. The van der Waals surface area contributed by atoms with Crippen LogP contribution in [0.1, 0.15) is 25.0 Å². The SMILES string of the molecule is CC(C)CNC(=O)C(Cc1ccccc1)N(Cc1c(Cl)cccc1Cl)C(=O)COc1ccc(Br)cc1Cl. The van der Waals surface area contributed by atoms with Crippen molar-refractivity contribution in [1.29, 1.82) is 0 Å². The van der Waals surface area contributed by atoms with E-state index >= 15 is 0 Å². The smallest absolute Gasteiger partial charge is 0.261 e. The molecular formula is C28H28BrCl3N2O3. The van der Waals surface area contributed by atoms with E-state index in [9.17, 15) is 9.59 Å². The van der Waals surface area contributed by atoms with Crippen LogP contribution in [0.5, 0.6) is 5.75 Å². The minimum Gasteiger partial charge on any atom is -0.482 e. The lowest BCUT2D eigenvalue weighted by molar-refractivity contribution is -0.142. The number of nitrogens with zero attached hydrogens (tertiary/aromatic N) is 1. The molecule has 3 rings (SSSR count). The highest BCUT2D eigenvalue weighted by atomic mass is 79.9. The molecule has 0 saturated carbocycles. The highest BCUT2D eigenvalue weighted by Gasteiger charge is 2.31. The van der Waals surface area contributed by atoms with Crippen LogP contribution in [-0.2, 0) is 22.6 Å². The Morgan fingerprint density at radius 2 is 1.62 bits per heavy atom. The van der Waals surface area contributed by atoms with Crippen LogP contribution in [0.3, 0.4) is 0 Å². The molecule has 1 atom stereocenters. The summed E-state index contributed by atoms with van der Waals surface area (Å²) in [6.45, 7) is 4.20. The van der Waals surface area contributed by atoms with E-state index in [-0.39, 0.29) is 25.0 Å². The van der Waals surface area contributed by atoms with Crippen LogP contribution >= 0.6 is 50.7 Å². The quantitative estimate of drug-likeness (QED) is 0.245. The fraction of sp³-hybridized carbons (Fsp3) is 0.286. The number of hydrogen-bond donors (Lipinski definition) is 1. The summed E-state index contributed by atoms with van der Waals surface area (Å²) in [6, 6.07) is 19.0. The van der Waals surface area contributed by atoms with Crippen molar-refractivity contribution in [3.05, 3.63) is 97.4 Å². The molecule has 0 heterocycles. The second-order valence-electron chi connectivity index (χ2n) is 8.93. The molecule has 0 aliphatic rings. The number of amides is 2. The van der Waals surface area contributed by atoms with Crippen LogP contribution in [-0.4, -0.2) is 35.9 Å². The first kappa shape index (κ1) is 29.3. The van der Waals surface area contributed by atoms with E-state index in [0.29, 0.717) is 39.3 Å². The summed E-state index contributed by atoms with van der Waals surface area (Å²) in [5.41, 5.74) is 1.46. The van der Waals surface area contributed by atoms with Crippen LogP contribution in [0.2, 0.25) is 15.1 Å². The third-order valence-electron chi connectivity index (χ3n) is 5.59. The van der Waals surface area contributed by atoms with Gasteiger partial charge in [0.25, 0.3) is 5.91 Å². The minimum atomic E-state index is -0.829. The fourth-order valence-electron chi connectivity index (χ4n) is 3.64. The number of halogens is 4. The first-order chi connectivity index (χ1) is 17.7. The Bertz CT molecular complexity index is 1200. The molecule has 0 bridgehead atoms. The lowest BCUT2D eigenvalue weighted by Gasteiger charge is -2.32. The van der Waals surface area contributed by atoms with Crippen molar-refractivity contribution in [2.75, 3.05) is 13.2 Å². The summed E-state index contributed by atoms with van der Waals surface area (Å²) in [5.74, 6) is -0.0736. The van der Waals surface area contributed by atoms with Crippen molar-refractivity contribution in [3.8, 4) is 5.75 Å². The van der Waals surface area contributed by atoms with Crippen LogP contribution in [0, 0.1) is 5.92 Å². The predicted octanol–water partition coefficient (Wildman–Crippen LogP) is 7.20. The molecule has 0 saturated heterocycles. The van der Waals surface area contributed by atoms with Gasteiger partial charge in [-0.05, 0) is 41.8 Å². The molecule has 0 fully saturated rings. The molecule has 0 aromatic heterocycles. The average molecular weight is 627 g/mol. The van der Waals surface area contributed by atoms with Gasteiger partial charge >= 0.3 is 0 Å². The maximum Gasteiger partial charge on any atom is 0.261 e. The maximum atomic E-state index is 13.7. The monoisotopic (exact) mass is 624 g/mol. The molecule has 3 aromatic rings. The minimum absolute atomic E-state index is 0.0291. The van der Waals surface area contributed by atoms with Crippen molar-refractivity contribution in [2.45, 2.75) is 32.9 Å². The van der Waals surface area contributed by atoms with E-state index in [1.807, 2.05) is 44.2 Å². The third kappa shape index (κ3) is 8.64. The molecule has 196 valence electrons. The molecule has 3 aromatic carbocycles. The predicted molar refractivity (Wildman–Crippen MR) is 153 cm³/mol. The molecular weight excluding hydrogens is 599 g/mol. The second kappa shape index (κ2) is 14.1. The molecule has 0 aliphatic heterocycles. The van der Waals surface area contributed by atoms with Crippen molar-refractivity contribution >= 4 is 62.5 Å². The third-order valence-corrected chi connectivity index (χ3v) is 7.09. The van der Waals surface area contributed by atoms with E-state index < -0.39 is 11.9 Å². The second-order valence-corrected chi connectivity index (χ2v) is 11.1. The molecule has 2 amide bonds. The Hall–Kier alpha value is -2.25. The summed E-state index contributed by atoms with van der Waals surface area (Å²) >= 11 is 22.5. The van der Waals surface area contributed by atoms with E-state index in [2.05, 4.69) is 21.2 Å². The van der Waals surface area contributed by atoms with Crippen molar-refractivity contribution in [1.82, 2.24) is 10.2 Å². The molecule has 1 N–H and O–H groups in total. The van der Waals surface area contributed by atoms with Gasteiger partial charge in [-0.3, -0.25) is 9.59 Å². The molecule has 0 spiro atoms. The highest BCUT2D eigenvalue weighted by Crippen LogP contribution is 2.29. The number of carbonyl (C=O) groups is 2. The first-order valence-electron chi connectivity index (χ1n) is 11.8. The fourth-order valence-corrected chi connectivity index (χ4v) is 4.89. The number of rotatable bonds is 11. The molecule has 5 nitrogen and oxygen atoms in total. The summed E-state index contributed by atoms with van der Waals surface area (Å²) in [4.78, 5) is 28.6. The molecule has 37 heavy (non-hydrogen) atoms. The Kier molecular flexibility index (Phi) is 11.1. The van der Waals surface area contributed by atoms with Gasteiger partial charge in [0.2, 0.25) is 5.91 Å². The van der Waals surface area contributed by atoms with Crippen LogP contribution < -0.4 is 10.1 Å². The number of carbonyl (C=O) groups excluding carboxylic acids is 2. The van der Waals surface area contributed by atoms with Gasteiger partial charge in [0.15, 0.2) is 6.61 Å². The highest BCUT2D eigenvalue weighted by molar-refractivity contribution is 9.10. The molecule has 1 unspecified atom stereocenters. The van der Waals surface area contributed by atoms with Gasteiger partial charge in [-0.2, -0.15) is 0 Å². The Balaban J connectivity index is 1.96. The Morgan fingerprint density at radius 3 is 2.24 bits per heavy atom. The van der Waals surface area contributed by atoms with Crippen molar-refractivity contribution < 1.29 is 14.3 Å². The van der Waals surface area contributed by atoms with E-state index in [0.717, 1.165) is 10.0 Å². The van der Waals surface area contributed by atoms with Gasteiger partial charge in [-0.1, -0.05) is 101 Å². The van der Waals surface area contributed by atoms with Crippen LogP contribution in [0.4, 0.5) is 0 Å². The topological polar surface area (TPSA) is 58.6 Å². The van der Waals surface area contributed by atoms with E-state index in [1.165, 1.54) is 4.90 Å². The number of ether oxygens (including phenoxy) is 1. The zero-order valence-corrected chi connectivity index (χ0v) is 24.4. The molecule has 0 aliphatic carbocycles.